The van der Waals surface area contributed by atoms with E-state index in [1.165, 1.54) is 0 Å². The predicted molar refractivity (Wildman–Crippen MR) is 60.8 cm³/mol. The number of rotatable bonds is 4. The first-order chi connectivity index (χ1) is 7.44. The summed E-state index contributed by atoms with van der Waals surface area (Å²) in [5.41, 5.74) is 2.12. The highest BCUT2D eigenvalue weighted by atomic mass is 16.7. The standard InChI is InChI=1S/C11H22N2O3/c1-5-12-9-7-15-6-8(9)10(14)13-16-11(2,3)4/h8-9,12H,5-7H2,1-4H3,(H,13,14). The summed E-state index contributed by atoms with van der Waals surface area (Å²) < 4.78 is 5.30. The molecule has 0 aromatic heterocycles. The van der Waals surface area contributed by atoms with E-state index < -0.39 is 0 Å². The van der Waals surface area contributed by atoms with E-state index in [4.69, 9.17) is 9.57 Å². The fraction of sp³-hybridized carbons (Fsp3) is 0.909. The van der Waals surface area contributed by atoms with Crippen LogP contribution in [0.25, 0.3) is 0 Å². The van der Waals surface area contributed by atoms with Crippen molar-refractivity contribution in [3.8, 4) is 0 Å². The Hall–Kier alpha value is -0.650. The van der Waals surface area contributed by atoms with Gasteiger partial charge in [-0.25, -0.2) is 5.48 Å². The summed E-state index contributed by atoms with van der Waals surface area (Å²) in [5, 5.41) is 3.23. The van der Waals surface area contributed by atoms with Crippen molar-refractivity contribution in [3.05, 3.63) is 0 Å². The zero-order valence-corrected chi connectivity index (χ0v) is 10.5. The highest BCUT2D eigenvalue weighted by Gasteiger charge is 2.34. The van der Waals surface area contributed by atoms with Gasteiger partial charge in [0.1, 0.15) is 0 Å². The number of ether oxygens (including phenoxy) is 1. The third-order valence-electron chi connectivity index (χ3n) is 2.34. The number of amides is 1. The number of hydroxylamine groups is 1. The molecule has 1 heterocycles. The summed E-state index contributed by atoms with van der Waals surface area (Å²) in [6, 6.07) is 0.0913. The minimum atomic E-state index is -0.372. The van der Waals surface area contributed by atoms with Crippen LogP contribution in [0.2, 0.25) is 0 Å². The number of hydrogen-bond donors (Lipinski definition) is 2. The lowest BCUT2D eigenvalue weighted by atomic mass is 10.0. The van der Waals surface area contributed by atoms with Gasteiger partial charge >= 0.3 is 0 Å². The Morgan fingerprint density at radius 3 is 2.69 bits per heavy atom. The van der Waals surface area contributed by atoms with E-state index in [1.807, 2.05) is 27.7 Å². The van der Waals surface area contributed by atoms with Crippen LogP contribution in [0.3, 0.4) is 0 Å². The molecule has 0 saturated carbocycles. The molecular weight excluding hydrogens is 208 g/mol. The van der Waals surface area contributed by atoms with Gasteiger partial charge in [-0.15, -0.1) is 0 Å². The van der Waals surface area contributed by atoms with Gasteiger partial charge in [-0.1, -0.05) is 6.92 Å². The van der Waals surface area contributed by atoms with Crippen LogP contribution < -0.4 is 10.8 Å². The average molecular weight is 230 g/mol. The van der Waals surface area contributed by atoms with Gasteiger partial charge in [0, 0.05) is 6.04 Å². The van der Waals surface area contributed by atoms with Crippen LogP contribution in [-0.4, -0.2) is 37.3 Å². The van der Waals surface area contributed by atoms with E-state index in [2.05, 4.69) is 10.8 Å². The molecule has 0 spiro atoms. The van der Waals surface area contributed by atoms with E-state index in [0.29, 0.717) is 13.2 Å². The Labute approximate surface area is 96.8 Å². The Morgan fingerprint density at radius 2 is 2.12 bits per heavy atom. The molecule has 0 bridgehead atoms. The Kier molecular flexibility index (Phi) is 4.70. The van der Waals surface area contributed by atoms with Crippen molar-refractivity contribution in [2.24, 2.45) is 5.92 Å². The number of hydrogen-bond acceptors (Lipinski definition) is 4. The summed E-state index contributed by atoms with van der Waals surface area (Å²) in [7, 11) is 0. The largest absolute Gasteiger partial charge is 0.379 e. The van der Waals surface area contributed by atoms with Crippen LogP contribution in [0.4, 0.5) is 0 Å². The van der Waals surface area contributed by atoms with Crippen molar-refractivity contribution < 1.29 is 14.4 Å². The van der Waals surface area contributed by atoms with Gasteiger partial charge < -0.3 is 10.1 Å². The Bertz CT molecular complexity index is 238. The fourth-order valence-corrected chi connectivity index (χ4v) is 1.56. The van der Waals surface area contributed by atoms with Crippen LogP contribution in [0.15, 0.2) is 0 Å². The molecule has 94 valence electrons. The molecular formula is C11H22N2O3. The molecule has 2 atom stereocenters. The number of carbonyl (C=O) groups excluding carboxylic acids is 1. The minimum absolute atomic E-state index is 0.0913. The first-order valence-electron chi connectivity index (χ1n) is 5.73. The predicted octanol–water partition coefficient (Wildman–Crippen LogP) is 0.457. The van der Waals surface area contributed by atoms with Crippen molar-refractivity contribution in [1.29, 1.82) is 0 Å². The maximum atomic E-state index is 11.8. The molecule has 5 heteroatoms. The third-order valence-corrected chi connectivity index (χ3v) is 2.34. The van der Waals surface area contributed by atoms with Gasteiger partial charge in [0.25, 0.3) is 5.91 Å². The summed E-state index contributed by atoms with van der Waals surface area (Å²) in [5.74, 6) is -0.277. The Balaban J connectivity index is 2.40. The molecule has 1 saturated heterocycles. The molecule has 1 fully saturated rings. The van der Waals surface area contributed by atoms with Crippen molar-refractivity contribution in [1.82, 2.24) is 10.8 Å². The zero-order chi connectivity index (χ0) is 12.2. The monoisotopic (exact) mass is 230 g/mol. The topological polar surface area (TPSA) is 59.6 Å². The molecule has 16 heavy (non-hydrogen) atoms. The zero-order valence-electron chi connectivity index (χ0n) is 10.5. The summed E-state index contributed by atoms with van der Waals surface area (Å²) >= 11 is 0. The van der Waals surface area contributed by atoms with E-state index >= 15 is 0 Å². The van der Waals surface area contributed by atoms with Gasteiger partial charge in [0.05, 0.1) is 24.7 Å². The number of nitrogens with one attached hydrogen (secondary N) is 2. The van der Waals surface area contributed by atoms with E-state index in [-0.39, 0.29) is 23.5 Å². The van der Waals surface area contributed by atoms with E-state index in [9.17, 15) is 4.79 Å². The second-order valence-corrected chi connectivity index (χ2v) is 4.99. The van der Waals surface area contributed by atoms with Crippen LogP contribution in [0, 0.1) is 5.92 Å². The maximum Gasteiger partial charge on any atom is 0.250 e. The van der Waals surface area contributed by atoms with Gasteiger partial charge in [-0.2, -0.15) is 0 Å². The molecule has 0 aliphatic carbocycles. The van der Waals surface area contributed by atoms with Crippen molar-refractivity contribution in [2.45, 2.75) is 39.3 Å². The van der Waals surface area contributed by atoms with Crippen molar-refractivity contribution in [3.63, 3.8) is 0 Å². The third kappa shape index (κ3) is 4.08. The second kappa shape index (κ2) is 5.61. The SMILES string of the molecule is CCNC1COCC1C(=O)NOC(C)(C)C. The van der Waals surface area contributed by atoms with Gasteiger partial charge in [0.2, 0.25) is 0 Å². The van der Waals surface area contributed by atoms with Crippen LogP contribution >= 0.6 is 0 Å². The molecule has 5 nitrogen and oxygen atoms in total. The molecule has 1 rings (SSSR count). The smallest absolute Gasteiger partial charge is 0.250 e. The lowest BCUT2D eigenvalue weighted by Crippen LogP contribution is -2.45. The van der Waals surface area contributed by atoms with Crippen LogP contribution in [0.1, 0.15) is 27.7 Å². The number of carbonyl (C=O) groups is 1. The Morgan fingerprint density at radius 1 is 1.44 bits per heavy atom. The van der Waals surface area contributed by atoms with E-state index in [0.717, 1.165) is 6.54 Å². The first kappa shape index (κ1) is 13.4. The molecule has 1 aliphatic heterocycles. The van der Waals surface area contributed by atoms with Gasteiger partial charge in [-0.3, -0.25) is 9.63 Å². The molecule has 0 radical (unpaired) electrons. The quantitative estimate of drug-likeness (QED) is 0.689. The lowest BCUT2D eigenvalue weighted by Gasteiger charge is -2.22. The fourth-order valence-electron chi connectivity index (χ4n) is 1.56. The molecule has 0 aromatic carbocycles. The van der Waals surface area contributed by atoms with Crippen LogP contribution in [-0.2, 0) is 14.4 Å². The average Bonchev–Trinajstić information content (AvgIpc) is 2.62. The number of likely N-dealkylation sites (N-methyl/N-ethyl adjacent to an activating group) is 1. The molecule has 0 aromatic rings. The van der Waals surface area contributed by atoms with E-state index in [1.54, 1.807) is 0 Å². The lowest BCUT2D eigenvalue weighted by molar-refractivity contribution is -0.150. The molecule has 2 N–H and O–H groups in total. The normalized spacial score (nSPS) is 25.8. The summed E-state index contributed by atoms with van der Waals surface area (Å²) in [4.78, 5) is 17.1. The van der Waals surface area contributed by atoms with Gasteiger partial charge in [-0.05, 0) is 27.3 Å². The maximum absolute atomic E-state index is 11.8. The molecule has 1 amide bonds. The van der Waals surface area contributed by atoms with Crippen LogP contribution in [0.5, 0.6) is 0 Å². The highest BCUT2D eigenvalue weighted by Crippen LogP contribution is 2.14. The molecule has 2 unspecified atom stereocenters. The second-order valence-electron chi connectivity index (χ2n) is 4.99. The van der Waals surface area contributed by atoms with Crippen molar-refractivity contribution in [2.75, 3.05) is 19.8 Å². The molecule has 1 aliphatic rings. The van der Waals surface area contributed by atoms with Gasteiger partial charge in [0.15, 0.2) is 0 Å². The summed E-state index contributed by atoms with van der Waals surface area (Å²) in [6.45, 7) is 9.55. The van der Waals surface area contributed by atoms with Crippen molar-refractivity contribution >= 4 is 5.91 Å². The summed E-state index contributed by atoms with van der Waals surface area (Å²) in [6.07, 6.45) is 0. The minimum Gasteiger partial charge on any atom is -0.379 e. The highest BCUT2D eigenvalue weighted by molar-refractivity contribution is 5.78. The first-order valence-corrected chi connectivity index (χ1v) is 5.73.